The first-order valence-electron chi connectivity index (χ1n) is 10.5. The van der Waals surface area contributed by atoms with Crippen molar-refractivity contribution in [3.05, 3.63) is 42.5 Å². The molecule has 2 aliphatic rings. The van der Waals surface area contributed by atoms with Crippen LogP contribution >= 0.6 is 0 Å². The Kier molecular flexibility index (Phi) is 5.26. The van der Waals surface area contributed by atoms with E-state index in [1.54, 1.807) is 12.1 Å². The van der Waals surface area contributed by atoms with E-state index in [4.69, 9.17) is 0 Å². The van der Waals surface area contributed by atoms with Crippen molar-refractivity contribution in [1.82, 2.24) is 9.62 Å². The zero-order valence-corrected chi connectivity index (χ0v) is 18.4. The number of fused-ring (bicyclic) bond motifs is 3. The van der Waals surface area contributed by atoms with E-state index in [2.05, 4.69) is 30.4 Å². The van der Waals surface area contributed by atoms with Gasteiger partial charge in [0, 0.05) is 31.1 Å². The van der Waals surface area contributed by atoms with Crippen molar-refractivity contribution in [2.24, 2.45) is 10.8 Å². The fourth-order valence-corrected chi connectivity index (χ4v) is 7.14. The summed E-state index contributed by atoms with van der Waals surface area (Å²) in [5.74, 6) is 0. The molecule has 2 fully saturated rings. The third kappa shape index (κ3) is 4.36. The van der Waals surface area contributed by atoms with E-state index in [0.29, 0.717) is 28.8 Å². The summed E-state index contributed by atoms with van der Waals surface area (Å²) < 4.78 is 28.4. The zero-order chi connectivity index (χ0) is 20.9. The minimum Gasteiger partial charge on any atom is -0.390 e. The molecule has 2 aromatic rings. The van der Waals surface area contributed by atoms with Crippen molar-refractivity contribution < 1.29 is 13.5 Å². The molecule has 1 saturated heterocycles. The third-order valence-electron chi connectivity index (χ3n) is 6.52. The van der Waals surface area contributed by atoms with Crippen molar-refractivity contribution >= 4 is 20.8 Å². The van der Waals surface area contributed by atoms with Gasteiger partial charge in [0.25, 0.3) is 0 Å². The Morgan fingerprint density at radius 3 is 2.66 bits per heavy atom. The minimum atomic E-state index is -3.69. The number of benzene rings is 2. The summed E-state index contributed by atoms with van der Waals surface area (Å²) in [5.41, 5.74) is 0.627. The zero-order valence-electron chi connectivity index (χ0n) is 17.6. The van der Waals surface area contributed by atoms with Crippen molar-refractivity contribution in [2.75, 3.05) is 19.6 Å². The largest absolute Gasteiger partial charge is 0.390 e. The lowest BCUT2D eigenvalue weighted by atomic mass is 9.65. The molecule has 0 amide bonds. The molecule has 5 nitrogen and oxygen atoms in total. The number of aliphatic hydroxyl groups excluding tert-OH is 1. The van der Waals surface area contributed by atoms with Crippen LogP contribution in [0.4, 0.5) is 0 Å². The average Bonchev–Trinajstić information content (AvgIpc) is 2.87. The second kappa shape index (κ2) is 7.34. The molecule has 1 unspecified atom stereocenters. The van der Waals surface area contributed by atoms with Crippen molar-refractivity contribution in [3.63, 3.8) is 0 Å². The van der Waals surface area contributed by atoms with Gasteiger partial charge in [-0.05, 0) is 41.5 Å². The standard InChI is InChI=1S/C23H32N2O3S/c1-22(2)11-18-12-23(3,15-22)16-25(18)14-19(26)13-24-29(27,28)21-10-6-8-17-7-4-5-9-20(17)21/h4-10,18-19,24,26H,11-16H2,1-3H3/t18?,19-,23+/m0/s1. The van der Waals surface area contributed by atoms with E-state index in [-0.39, 0.29) is 11.4 Å². The van der Waals surface area contributed by atoms with E-state index in [1.807, 2.05) is 30.3 Å². The molecule has 0 radical (unpaired) electrons. The number of nitrogens with zero attached hydrogens (tertiary/aromatic N) is 1. The van der Waals surface area contributed by atoms with E-state index >= 15 is 0 Å². The maximum Gasteiger partial charge on any atom is 0.241 e. The van der Waals surface area contributed by atoms with E-state index in [9.17, 15) is 13.5 Å². The third-order valence-corrected chi connectivity index (χ3v) is 8.00. The molecular formula is C23H32N2O3S. The quantitative estimate of drug-likeness (QED) is 0.757. The molecule has 0 aromatic heterocycles. The number of nitrogens with one attached hydrogen (secondary N) is 1. The Hall–Kier alpha value is -1.47. The molecule has 158 valence electrons. The number of likely N-dealkylation sites (tertiary alicyclic amines) is 1. The normalized spacial score (nSPS) is 27.9. The van der Waals surface area contributed by atoms with Crippen molar-refractivity contribution in [1.29, 1.82) is 0 Å². The van der Waals surface area contributed by atoms with Crippen LogP contribution in [0.25, 0.3) is 10.8 Å². The van der Waals surface area contributed by atoms with Gasteiger partial charge in [-0.2, -0.15) is 0 Å². The number of aliphatic hydroxyl groups is 1. The second-order valence-corrected chi connectivity index (χ2v) is 11.9. The fourth-order valence-electron chi connectivity index (χ4n) is 5.84. The van der Waals surface area contributed by atoms with Crippen LogP contribution in [0.5, 0.6) is 0 Å². The fraction of sp³-hybridized carbons (Fsp3) is 0.565. The van der Waals surface area contributed by atoms with Crippen LogP contribution in [0, 0.1) is 10.8 Å². The van der Waals surface area contributed by atoms with Crippen LogP contribution < -0.4 is 4.72 Å². The molecule has 29 heavy (non-hydrogen) atoms. The molecule has 2 aromatic carbocycles. The van der Waals surface area contributed by atoms with E-state index < -0.39 is 16.1 Å². The van der Waals surface area contributed by atoms with Gasteiger partial charge in [0.05, 0.1) is 11.0 Å². The highest BCUT2D eigenvalue weighted by atomic mass is 32.2. The summed E-state index contributed by atoms with van der Waals surface area (Å²) in [5, 5.41) is 12.2. The monoisotopic (exact) mass is 416 g/mol. The Morgan fingerprint density at radius 2 is 1.86 bits per heavy atom. The summed E-state index contributed by atoms with van der Waals surface area (Å²) in [7, 11) is -3.69. The number of hydrogen-bond acceptors (Lipinski definition) is 4. The van der Waals surface area contributed by atoms with Crippen LogP contribution in [-0.4, -0.2) is 50.2 Å². The number of sulfonamides is 1. The molecule has 1 saturated carbocycles. The molecule has 3 atom stereocenters. The van der Waals surface area contributed by atoms with Crippen molar-refractivity contribution in [3.8, 4) is 0 Å². The number of β-amino-alcohol motifs (C(OH)–C–C–N with tert-alkyl or cyclic N) is 1. The van der Waals surface area contributed by atoms with Gasteiger partial charge < -0.3 is 5.11 Å². The molecule has 1 aliphatic heterocycles. The smallest absolute Gasteiger partial charge is 0.241 e. The molecule has 1 aliphatic carbocycles. The Balaban J connectivity index is 1.41. The van der Waals surface area contributed by atoms with Gasteiger partial charge in [0.1, 0.15) is 0 Å². The van der Waals surface area contributed by atoms with Gasteiger partial charge in [-0.3, -0.25) is 4.90 Å². The highest BCUT2D eigenvalue weighted by molar-refractivity contribution is 7.89. The van der Waals surface area contributed by atoms with Gasteiger partial charge in [0.2, 0.25) is 10.0 Å². The highest BCUT2D eigenvalue weighted by Crippen LogP contribution is 2.52. The van der Waals surface area contributed by atoms with Gasteiger partial charge in [-0.1, -0.05) is 57.2 Å². The Labute approximate surface area is 174 Å². The lowest BCUT2D eigenvalue weighted by molar-refractivity contribution is 0.0943. The SMILES string of the molecule is CC1(C)CC2C[C@@](C)(CN2C[C@@H](O)CNS(=O)(=O)c2cccc3ccccc23)C1. The van der Waals surface area contributed by atoms with Crippen LogP contribution in [0.2, 0.25) is 0 Å². The molecule has 6 heteroatoms. The summed E-state index contributed by atoms with van der Waals surface area (Å²) in [6, 6.07) is 13.2. The minimum absolute atomic E-state index is 0.0227. The maximum absolute atomic E-state index is 12.9. The maximum atomic E-state index is 12.9. The first kappa shape index (κ1) is 20.8. The van der Waals surface area contributed by atoms with Crippen LogP contribution in [-0.2, 0) is 10.0 Å². The van der Waals surface area contributed by atoms with E-state index in [0.717, 1.165) is 18.4 Å². The molecule has 0 spiro atoms. The predicted octanol–water partition coefficient (Wildman–Crippen LogP) is 3.38. The lowest BCUT2D eigenvalue weighted by Gasteiger charge is -2.40. The van der Waals surface area contributed by atoms with Crippen molar-refractivity contribution in [2.45, 2.75) is 57.1 Å². The van der Waals surface area contributed by atoms with Gasteiger partial charge in [-0.25, -0.2) is 13.1 Å². The van der Waals surface area contributed by atoms with E-state index in [1.165, 1.54) is 12.8 Å². The lowest BCUT2D eigenvalue weighted by Crippen LogP contribution is -2.42. The van der Waals surface area contributed by atoms with Crippen LogP contribution in [0.1, 0.15) is 40.0 Å². The Bertz CT molecular complexity index is 999. The molecule has 1 heterocycles. The molecule has 2 N–H and O–H groups in total. The molecule has 2 bridgehead atoms. The molecule has 4 rings (SSSR count). The first-order valence-corrected chi connectivity index (χ1v) is 11.9. The molecular weight excluding hydrogens is 384 g/mol. The Morgan fingerprint density at radius 1 is 1.14 bits per heavy atom. The summed E-state index contributed by atoms with van der Waals surface area (Å²) >= 11 is 0. The highest BCUT2D eigenvalue weighted by Gasteiger charge is 2.49. The number of rotatable bonds is 6. The predicted molar refractivity (Wildman–Crippen MR) is 116 cm³/mol. The van der Waals surface area contributed by atoms with Gasteiger partial charge in [-0.15, -0.1) is 0 Å². The summed E-state index contributed by atoms with van der Waals surface area (Å²) in [4.78, 5) is 2.63. The van der Waals surface area contributed by atoms with Crippen LogP contribution in [0.15, 0.2) is 47.4 Å². The summed E-state index contributed by atoms with van der Waals surface area (Å²) in [6.45, 7) is 8.51. The van der Waals surface area contributed by atoms with Crippen LogP contribution in [0.3, 0.4) is 0 Å². The summed E-state index contributed by atoms with van der Waals surface area (Å²) in [6.07, 6.45) is 2.78. The average molecular weight is 417 g/mol. The van der Waals surface area contributed by atoms with Gasteiger partial charge >= 0.3 is 0 Å². The topological polar surface area (TPSA) is 69.6 Å². The second-order valence-electron chi connectivity index (χ2n) is 10.1. The number of hydrogen-bond donors (Lipinski definition) is 2. The first-order chi connectivity index (χ1) is 13.6. The van der Waals surface area contributed by atoms with Gasteiger partial charge in [0.15, 0.2) is 0 Å².